The molecule has 0 aliphatic rings. The molecule has 1 nitrogen and oxygen atoms in total. The Balaban J connectivity index is 5.51. The normalized spacial score (nSPS) is 18.8. The highest BCUT2D eigenvalue weighted by atomic mass is 32.5. The van der Waals surface area contributed by atoms with Gasteiger partial charge in [0, 0.05) is 12.4 Å². The Morgan fingerprint density at radius 2 is 1.10 bits per heavy atom. The Kier molecular flexibility index (Phi) is 10.1. The summed E-state index contributed by atoms with van der Waals surface area (Å²) in [5.41, 5.74) is 1.17. The fraction of sp³-hybridized carbons (Fsp3) is 1.00. The molecule has 2 unspecified atom stereocenters. The molecule has 128 valence electrons. The molecule has 0 heterocycles. The number of rotatable bonds is 10. The van der Waals surface area contributed by atoms with Gasteiger partial charge in [-0.1, -0.05) is 79.0 Å². The topological polar surface area (TPSA) is 12.0 Å². The van der Waals surface area contributed by atoms with Crippen LogP contribution in [-0.2, 0) is 23.6 Å². The summed E-state index contributed by atoms with van der Waals surface area (Å²) in [4.78, 5) is 4.02. The largest absolute Gasteiger partial charge is 0.258 e. The molecular formula is C16H37NP2S2. The quantitative estimate of drug-likeness (QED) is 0.456. The van der Waals surface area contributed by atoms with Gasteiger partial charge in [-0.15, -0.1) is 0 Å². The van der Waals surface area contributed by atoms with Gasteiger partial charge in [0.2, 0.25) is 0 Å². The van der Waals surface area contributed by atoms with Crippen LogP contribution < -0.4 is 4.86 Å². The van der Waals surface area contributed by atoms with Gasteiger partial charge in [0.1, 0.15) is 0 Å². The molecule has 0 amide bonds. The van der Waals surface area contributed by atoms with E-state index < -0.39 is 12.4 Å². The van der Waals surface area contributed by atoms with Crippen molar-refractivity contribution in [2.24, 2.45) is 11.8 Å². The summed E-state index contributed by atoms with van der Waals surface area (Å²) in [6.45, 7) is 18.4. The van der Waals surface area contributed by atoms with E-state index in [0.29, 0.717) is 23.2 Å². The SMILES string of the molecule is CCC(C)P(=S)(NP(=S)(CC(C)C)CC(C)C)C(C)CC. The third-order valence-electron chi connectivity index (χ3n) is 4.15. The first kappa shape index (κ1) is 22.3. The van der Waals surface area contributed by atoms with Crippen LogP contribution in [0.3, 0.4) is 0 Å². The summed E-state index contributed by atoms with van der Waals surface area (Å²) >= 11 is 12.5. The van der Waals surface area contributed by atoms with E-state index in [1.807, 2.05) is 0 Å². The maximum atomic E-state index is 6.26. The summed E-state index contributed by atoms with van der Waals surface area (Å²) in [5.74, 6) is 1.30. The van der Waals surface area contributed by atoms with E-state index in [4.69, 9.17) is 23.6 Å². The van der Waals surface area contributed by atoms with Crippen molar-refractivity contribution < 1.29 is 0 Å². The first-order valence-corrected chi connectivity index (χ1v) is 14.6. The zero-order chi connectivity index (χ0) is 16.8. The van der Waals surface area contributed by atoms with Crippen LogP contribution in [0.15, 0.2) is 0 Å². The van der Waals surface area contributed by atoms with Crippen LogP contribution in [-0.4, -0.2) is 23.6 Å². The predicted octanol–water partition coefficient (Wildman–Crippen LogP) is 6.27. The average molecular weight is 370 g/mol. The van der Waals surface area contributed by atoms with Gasteiger partial charge < -0.3 is 0 Å². The Labute approximate surface area is 144 Å². The van der Waals surface area contributed by atoms with Crippen molar-refractivity contribution >= 4 is 36.0 Å². The van der Waals surface area contributed by atoms with Crippen molar-refractivity contribution in [1.82, 2.24) is 4.86 Å². The minimum atomic E-state index is -1.61. The highest BCUT2D eigenvalue weighted by Gasteiger charge is 2.34. The maximum absolute atomic E-state index is 6.26. The van der Waals surface area contributed by atoms with E-state index in [-0.39, 0.29) is 0 Å². The van der Waals surface area contributed by atoms with Crippen molar-refractivity contribution in [3.8, 4) is 0 Å². The van der Waals surface area contributed by atoms with Gasteiger partial charge >= 0.3 is 0 Å². The molecule has 21 heavy (non-hydrogen) atoms. The zero-order valence-corrected chi connectivity index (χ0v) is 18.8. The lowest BCUT2D eigenvalue weighted by Crippen LogP contribution is -2.26. The Morgan fingerprint density at radius 3 is 1.33 bits per heavy atom. The van der Waals surface area contributed by atoms with Crippen molar-refractivity contribution in [3.05, 3.63) is 0 Å². The van der Waals surface area contributed by atoms with E-state index >= 15 is 0 Å². The van der Waals surface area contributed by atoms with E-state index in [0.717, 1.165) is 25.2 Å². The van der Waals surface area contributed by atoms with Crippen LogP contribution in [0.4, 0.5) is 0 Å². The fourth-order valence-corrected chi connectivity index (χ4v) is 17.5. The van der Waals surface area contributed by atoms with Gasteiger partial charge in [0.15, 0.2) is 0 Å². The second kappa shape index (κ2) is 9.53. The molecule has 0 aliphatic carbocycles. The van der Waals surface area contributed by atoms with Crippen LogP contribution >= 0.6 is 12.4 Å². The molecule has 0 fully saturated rings. The third kappa shape index (κ3) is 7.13. The molecule has 0 spiro atoms. The van der Waals surface area contributed by atoms with Crippen molar-refractivity contribution in [3.63, 3.8) is 0 Å². The minimum absolute atomic E-state index is 0.587. The second-order valence-electron chi connectivity index (χ2n) is 7.37. The molecule has 0 aromatic heterocycles. The molecule has 5 heteroatoms. The van der Waals surface area contributed by atoms with E-state index in [9.17, 15) is 0 Å². The van der Waals surface area contributed by atoms with Crippen LogP contribution in [0.2, 0.25) is 0 Å². The highest BCUT2D eigenvalue weighted by molar-refractivity contribution is 8.22. The molecule has 1 N–H and O–H groups in total. The van der Waals surface area contributed by atoms with E-state index in [2.05, 4.69) is 60.2 Å². The number of nitrogens with one attached hydrogen (secondary N) is 1. The summed E-state index contributed by atoms with van der Waals surface area (Å²) in [6, 6.07) is 0. The van der Waals surface area contributed by atoms with Gasteiger partial charge in [-0.2, -0.15) is 0 Å². The van der Waals surface area contributed by atoms with Crippen molar-refractivity contribution in [1.29, 1.82) is 0 Å². The molecule has 0 aliphatic heterocycles. The molecule has 2 atom stereocenters. The standard InChI is InChI=1S/C16H37NP2S2/c1-9-15(7)19(21,16(8)10-2)17-18(20,11-13(3)4)12-14(5)6/h13-16H,9-12H2,1-8H3,(H,17,20,21). The lowest BCUT2D eigenvalue weighted by Gasteiger charge is -2.40. The van der Waals surface area contributed by atoms with Crippen LogP contribution in [0, 0.1) is 11.8 Å². The first-order chi connectivity index (χ1) is 9.50. The molecule has 0 radical (unpaired) electrons. The van der Waals surface area contributed by atoms with Crippen LogP contribution in [0.5, 0.6) is 0 Å². The number of hydrogen-bond acceptors (Lipinski definition) is 2. The number of hydrogen-bond donors (Lipinski definition) is 1. The van der Waals surface area contributed by atoms with Gasteiger partial charge in [-0.25, -0.2) is 0 Å². The summed E-state index contributed by atoms with van der Waals surface area (Å²) in [5, 5.41) is 0. The smallest absolute Gasteiger partial charge is 0.0218 e. The van der Waals surface area contributed by atoms with Gasteiger partial charge in [-0.05, 0) is 48.3 Å². The van der Waals surface area contributed by atoms with E-state index in [1.165, 1.54) is 0 Å². The van der Waals surface area contributed by atoms with Crippen LogP contribution in [0.1, 0.15) is 68.2 Å². The lowest BCUT2D eigenvalue weighted by molar-refractivity contribution is 0.714. The summed E-state index contributed by atoms with van der Waals surface area (Å²) in [6.07, 6.45) is 1.44. The molecule has 0 saturated heterocycles. The van der Waals surface area contributed by atoms with E-state index in [1.54, 1.807) is 0 Å². The fourth-order valence-electron chi connectivity index (χ4n) is 2.79. The molecule has 0 aromatic rings. The summed E-state index contributed by atoms with van der Waals surface area (Å²) < 4.78 is 0. The monoisotopic (exact) mass is 369 g/mol. The highest BCUT2D eigenvalue weighted by Crippen LogP contribution is 2.63. The Bertz CT molecular complexity index is 366. The van der Waals surface area contributed by atoms with Gasteiger partial charge in [0.05, 0.1) is 0 Å². The average Bonchev–Trinajstić information content (AvgIpc) is 2.33. The van der Waals surface area contributed by atoms with Crippen molar-refractivity contribution in [2.45, 2.75) is 79.5 Å². The summed E-state index contributed by atoms with van der Waals surface area (Å²) in [7, 11) is 0. The molecule has 0 aromatic carbocycles. The second-order valence-corrected chi connectivity index (χ2v) is 17.8. The Hall–Kier alpha value is 1.26. The minimum Gasteiger partial charge on any atom is -0.258 e. The van der Waals surface area contributed by atoms with Gasteiger partial charge in [0.25, 0.3) is 0 Å². The molecular weight excluding hydrogens is 332 g/mol. The zero-order valence-electron chi connectivity index (χ0n) is 15.3. The first-order valence-electron chi connectivity index (χ1n) is 8.47. The lowest BCUT2D eigenvalue weighted by atomic mass is 10.3. The van der Waals surface area contributed by atoms with Crippen molar-refractivity contribution in [2.75, 3.05) is 12.3 Å². The molecule has 0 bridgehead atoms. The molecule has 0 saturated carbocycles. The maximum Gasteiger partial charge on any atom is 0.0218 e. The third-order valence-corrected chi connectivity index (χ3v) is 17.4. The predicted molar refractivity (Wildman–Crippen MR) is 111 cm³/mol. The Morgan fingerprint density at radius 1 is 0.762 bits per heavy atom. The van der Waals surface area contributed by atoms with Gasteiger partial charge in [-0.3, -0.25) is 4.86 Å². The van der Waals surface area contributed by atoms with Crippen LogP contribution in [0.25, 0.3) is 0 Å². The molecule has 0 rings (SSSR count).